The molecule has 5 rings (SSSR count). The number of pyridine rings is 1. The molecule has 1 fully saturated rings. The number of carbonyl (C=O) groups excluding carboxylic acids is 1. The van der Waals surface area contributed by atoms with Crippen LogP contribution in [0.2, 0.25) is 0 Å². The molecule has 2 aromatic carbocycles. The topological polar surface area (TPSA) is 54.9 Å². The number of morpholine rings is 1. The number of halogens is 1. The molecule has 1 unspecified atom stereocenters. The van der Waals surface area contributed by atoms with Gasteiger partial charge in [-0.1, -0.05) is 52.3 Å². The number of amides is 1. The maximum Gasteiger partial charge on any atom is 0.257 e. The Balaban J connectivity index is 1.68. The SMILES string of the molecule is C=CCN1C(=O)c2cc(N3CCOCC3)c(Cc3ccccc3)nc2C1c1cc(OC)ccc1Br. The van der Waals surface area contributed by atoms with E-state index < -0.39 is 0 Å². The van der Waals surface area contributed by atoms with E-state index in [2.05, 4.69) is 39.5 Å². The highest BCUT2D eigenvalue weighted by atomic mass is 79.9. The summed E-state index contributed by atoms with van der Waals surface area (Å²) in [6, 6.07) is 17.9. The number of ether oxygens (including phenoxy) is 2. The van der Waals surface area contributed by atoms with Crippen molar-refractivity contribution in [1.82, 2.24) is 9.88 Å². The van der Waals surface area contributed by atoms with Gasteiger partial charge < -0.3 is 19.3 Å². The van der Waals surface area contributed by atoms with E-state index in [0.717, 1.165) is 46.0 Å². The number of anilines is 1. The van der Waals surface area contributed by atoms with Gasteiger partial charge in [-0.15, -0.1) is 6.58 Å². The van der Waals surface area contributed by atoms with Crippen LogP contribution >= 0.6 is 15.9 Å². The van der Waals surface area contributed by atoms with Gasteiger partial charge in [-0.05, 0) is 35.4 Å². The molecule has 3 aromatic rings. The molecule has 1 atom stereocenters. The number of aromatic nitrogens is 1. The van der Waals surface area contributed by atoms with Gasteiger partial charge in [0.1, 0.15) is 11.8 Å². The van der Waals surface area contributed by atoms with E-state index in [-0.39, 0.29) is 11.9 Å². The van der Waals surface area contributed by atoms with E-state index in [9.17, 15) is 4.79 Å². The van der Waals surface area contributed by atoms with Crippen LogP contribution in [0.1, 0.15) is 38.9 Å². The molecule has 0 spiro atoms. The molecule has 180 valence electrons. The van der Waals surface area contributed by atoms with Crippen LogP contribution in [0.4, 0.5) is 5.69 Å². The van der Waals surface area contributed by atoms with Gasteiger partial charge in [-0.3, -0.25) is 9.78 Å². The minimum Gasteiger partial charge on any atom is -0.497 e. The van der Waals surface area contributed by atoms with Gasteiger partial charge in [0.25, 0.3) is 5.91 Å². The Kier molecular flexibility index (Phi) is 6.88. The van der Waals surface area contributed by atoms with Crippen LogP contribution in [0.15, 0.2) is 71.7 Å². The lowest BCUT2D eigenvalue weighted by Crippen LogP contribution is -2.37. The molecule has 1 saturated heterocycles. The molecule has 35 heavy (non-hydrogen) atoms. The largest absolute Gasteiger partial charge is 0.497 e. The average Bonchev–Trinajstić information content (AvgIpc) is 3.15. The van der Waals surface area contributed by atoms with E-state index in [0.29, 0.717) is 31.7 Å². The molecular weight excluding hydrogens is 506 g/mol. The number of nitrogens with zero attached hydrogens (tertiary/aromatic N) is 3. The van der Waals surface area contributed by atoms with E-state index in [4.69, 9.17) is 14.5 Å². The summed E-state index contributed by atoms with van der Waals surface area (Å²) in [5.41, 5.74) is 5.51. The molecule has 0 bridgehead atoms. The number of hydrogen-bond donors (Lipinski definition) is 0. The van der Waals surface area contributed by atoms with Crippen molar-refractivity contribution in [2.45, 2.75) is 12.5 Å². The highest BCUT2D eigenvalue weighted by Gasteiger charge is 2.41. The summed E-state index contributed by atoms with van der Waals surface area (Å²) in [7, 11) is 1.65. The quantitative estimate of drug-likeness (QED) is 0.399. The van der Waals surface area contributed by atoms with Crippen molar-refractivity contribution in [3.05, 3.63) is 99.8 Å². The monoisotopic (exact) mass is 533 g/mol. The van der Waals surface area contributed by atoms with Crippen LogP contribution in [0.5, 0.6) is 5.75 Å². The predicted octanol–water partition coefficient (Wildman–Crippen LogP) is 5.01. The second kappa shape index (κ2) is 10.2. The van der Waals surface area contributed by atoms with Crippen molar-refractivity contribution in [2.75, 3.05) is 44.9 Å². The zero-order valence-corrected chi connectivity index (χ0v) is 21.3. The summed E-state index contributed by atoms with van der Waals surface area (Å²) in [5, 5.41) is 0. The van der Waals surface area contributed by atoms with Gasteiger partial charge in [-0.25, -0.2) is 0 Å². The highest BCUT2D eigenvalue weighted by Crippen LogP contribution is 2.43. The maximum atomic E-state index is 13.7. The third-order valence-corrected chi connectivity index (χ3v) is 7.28. The van der Waals surface area contributed by atoms with Crippen molar-refractivity contribution in [1.29, 1.82) is 0 Å². The molecule has 0 saturated carbocycles. The van der Waals surface area contributed by atoms with E-state index >= 15 is 0 Å². The summed E-state index contributed by atoms with van der Waals surface area (Å²) in [6.45, 7) is 7.20. The van der Waals surface area contributed by atoms with Crippen molar-refractivity contribution >= 4 is 27.5 Å². The summed E-state index contributed by atoms with van der Waals surface area (Å²) >= 11 is 3.70. The fraction of sp³-hybridized carbons (Fsp3) is 0.286. The van der Waals surface area contributed by atoms with Gasteiger partial charge in [0.2, 0.25) is 0 Å². The fourth-order valence-electron chi connectivity index (χ4n) is 4.85. The Hall–Kier alpha value is -3.16. The van der Waals surface area contributed by atoms with Crippen molar-refractivity contribution in [3.8, 4) is 5.75 Å². The van der Waals surface area contributed by atoms with Crippen LogP contribution in [0.3, 0.4) is 0 Å². The first kappa shape index (κ1) is 23.6. The number of methoxy groups -OCH3 is 1. The fourth-order valence-corrected chi connectivity index (χ4v) is 5.32. The Morgan fingerprint density at radius 1 is 1.17 bits per heavy atom. The molecule has 2 aliphatic heterocycles. The van der Waals surface area contributed by atoms with Crippen molar-refractivity contribution in [3.63, 3.8) is 0 Å². The molecule has 2 aliphatic rings. The van der Waals surface area contributed by atoms with Gasteiger partial charge in [0.05, 0.1) is 43.0 Å². The van der Waals surface area contributed by atoms with Crippen LogP contribution in [0, 0.1) is 0 Å². The van der Waals surface area contributed by atoms with Crippen molar-refractivity contribution in [2.24, 2.45) is 0 Å². The molecule has 0 radical (unpaired) electrons. The summed E-state index contributed by atoms with van der Waals surface area (Å²) < 4.78 is 12.0. The minimum absolute atomic E-state index is 0.0344. The molecule has 0 N–H and O–H groups in total. The van der Waals surface area contributed by atoms with Crippen LogP contribution < -0.4 is 9.64 Å². The van der Waals surface area contributed by atoms with Gasteiger partial charge in [0, 0.05) is 30.5 Å². The average molecular weight is 534 g/mol. The second-order valence-electron chi connectivity index (χ2n) is 8.68. The predicted molar refractivity (Wildman–Crippen MR) is 140 cm³/mol. The Morgan fingerprint density at radius 3 is 2.66 bits per heavy atom. The highest BCUT2D eigenvalue weighted by molar-refractivity contribution is 9.10. The Bertz CT molecular complexity index is 1240. The molecule has 6 nitrogen and oxygen atoms in total. The van der Waals surface area contributed by atoms with Gasteiger partial charge in [0.15, 0.2) is 0 Å². The van der Waals surface area contributed by atoms with Gasteiger partial charge in [-0.2, -0.15) is 0 Å². The summed E-state index contributed by atoms with van der Waals surface area (Å²) in [4.78, 5) is 23.0. The first-order valence-corrected chi connectivity index (χ1v) is 12.6. The smallest absolute Gasteiger partial charge is 0.257 e. The second-order valence-corrected chi connectivity index (χ2v) is 9.54. The molecular formula is C28H28BrN3O3. The molecule has 1 aromatic heterocycles. The Labute approximate surface area is 214 Å². The first-order valence-electron chi connectivity index (χ1n) is 11.8. The van der Waals surface area contributed by atoms with E-state index in [1.807, 2.05) is 47.4 Å². The zero-order valence-electron chi connectivity index (χ0n) is 19.7. The third kappa shape index (κ3) is 4.58. The van der Waals surface area contributed by atoms with Crippen LogP contribution in [-0.2, 0) is 11.2 Å². The molecule has 0 aliphatic carbocycles. The number of benzene rings is 2. The standard InChI is InChI=1S/C28H28BrN3O3/c1-3-11-32-27(21-17-20(34-2)9-10-23(21)29)26-22(28(32)33)18-25(31-12-14-35-15-13-31)24(30-26)16-19-7-5-4-6-8-19/h3-10,17-18,27H,1,11-16H2,2H3. The lowest BCUT2D eigenvalue weighted by atomic mass is 9.99. The first-order chi connectivity index (χ1) is 17.1. The van der Waals surface area contributed by atoms with E-state index in [1.165, 1.54) is 5.56 Å². The number of rotatable bonds is 7. The third-order valence-electron chi connectivity index (χ3n) is 6.56. The maximum absolute atomic E-state index is 13.7. The Morgan fingerprint density at radius 2 is 1.94 bits per heavy atom. The number of hydrogen-bond acceptors (Lipinski definition) is 5. The minimum atomic E-state index is -0.340. The molecule has 7 heteroatoms. The number of fused-ring (bicyclic) bond motifs is 1. The summed E-state index contributed by atoms with van der Waals surface area (Å²) in [6.07, 6.45) is 2.45. The number of carbonyl (C=O) groups is 1. The van der Waals surface area contributed by atoms with Crippen molar-refractivity contribution < 1.29 is 14.3 Å². The van der Waals surface area contributed by atoms with Crippen LogP contribution in [-0.4, -0.2) is 55.7 Å². The normalized spacial score (nSPS) is 17.4. The lowest BCUT2D eigenvalue weighted by Gasteiger charge is -2.31. The zero-order chi connectivity index (χ0) is 24.4. The molecule has 3 heterocycles. The summed E-state index contributed by atoms with van der Waals surface area (Å²) in [5.74, 6) is 0.699. The van der Waals surface area contributed by atoms with Gasteiger partial charge >= 0.3 is 0 Å². The lowest BCUT2D eigenvalue weighted by molar-refractivity contribution is 0.0769. The van der Waals surface area contributed by atoms with Crippen LogP contribution in [0.25, 0.3) is 0 Å². The molecule has 1 amide bonds. The van der Waals surface area contributed by atoms with E-state index in [1.54, 1.807) is 13.2 Å².